The first-order valence-electron chi connectivity index (χ1n) is 8.14. The minimum absolute atomic E-state index is 0.309. The third kappa shape index (κ3) is 3.52. The van der Waals surface area contributed by atoms with Gasteiger partial charge in [0.1, 0.15) is 28.7 Å². The molecular weight excluding hydrogens is 323 g/mol. The van der Waals surface area contributed by atoms with E-state index in [0.717, 1.165) is 22.6 Å². The summed E-state index contributed by atoms with van der Waals surface area (Å²) in [7, 11) is 0. The molecule has 5 nitrogen and oxygen atoms in total. The van der Waals surface area contributed by atoms with E-state index in [1.54, 1.807) is 6.07 Å². The van der Waals surface area contributed by atoms with Gasteiger partial charge in [-0.2, -0.15) is 0 Å². The molecule has 2 heterocycles. The van der Waals surface area contributed by atoms with Gasteiger partial charge in [0.15, 0.2) is 0 Å². The van der Waals surface area contributed by atoms with Crippen LogP contribution >= 0.6 is 0 Å². The minimum Gasteiger partial charge on any atom is -0.466 e. The molecule has 2 amide bonds. The fourth-order valence-corrected chi connectivity index (χ4v) is 2.97. The fraction of sp³-hybridized carbons (Fsp3) is 0.316. The van der Waals surface area contributed by atoms with Crippen molar-refractivity contribution in [1.29, 1.82) is 0 Å². The number of rotatable bonds is 4. The van der Waals surface area contributed by atoms with Gasteiger partial charge in [-0.05, 0) is 52.0 Å². The monoisotopic (exact) mass is 344 g/mol. The maximum Gasteiger partial charge on any atom is 0.315 e. The molecule has 3 rings (SSSR count). The van der Waals surface area contributed by atoms with Crippen LogP contribution in [0.1, 0.15) is 41.4 Å². The third-order valence-corrected chi connectivity index (χ3v) is 4.26. The number of carbonyl (C=O) groups is 1. The first-order valence-corrected chi connectivity index (χ1v) is 8.14. The Morgan fingerprint density at radius 1 is 1.20 bits per heavy atom. The molecule has 0 aliphatic carbocycles. The van der Waals surface area contributed by atoms with Crippen LogP contribution < -0.4 is 10.6 Å². The first-order chi connectivity index (χ1) is 11.8. The maximum absolute atomic E-state index is 13.4. The summed E-state index contributed by atoms with van der Waals surface area (Å²) in [5.74, 6) is 1.91. The lowest BCUT2D eigenvalue weighted by Crippen LogP contribution is -2.36. The molecular formula is C19H21FN2O3. The lowest BCUT2D eigenvalue weighted by Gasteiger charge is -2.13. The van der Waals surface area contributed by atoms with Gasteiger partial charge in [0.05, 0.1) is 6.04 Å². The van der Waals surface area contributed by atoms with E-state index in [4.69, 9.17) is 8.83 Å². The summed E-state index contributed by atoms with van der Waals surface area (Å²) in [5.41, 5.74) is 2.37. The number of benzene rings is 1. The standard InChI is InChI=1S/C19H21FN2O3/c1-10-7-14(13(4)24-10)9-21-19(23)22-12(3)18-11(2)16-8-15(20)5-6-17(16)25-18/h5-8,12H,9H2,1-4H3,(H2,21,22,23). The summed E-state index contributed by atoms with van der Waals surface area (Å²) in [6.45, 7) is 7.79. The van der Waals surface area contributed by atoms with Crippen LogP contribution in [0, 0.1) is 26.6 Å². The Morgan fingerprint density at radius 3 is 2.64 bits per heavy atom. The van der Waals surface area contributed by atoms with Crippen molar-refractivity contribution in [3.63, 3.8) is 0 Å². The normalized spacial score (nSPS) is 12.4. The Labute approximate surface area is 145 Å². The second-order valence-electron chi connectivity index (χ2n) is 6.22. The van der Waals surface area contributed by atoms with Crippen LogP contribution in [0.25, 0.3) is 11.0 Å². The van der Waals surface area contributed by atoms with E-state index in [9.17, 15) is 9.18 Å². The SMILES string of the molecule is Cc1cc(CNC(=O)NC(C)c2oc3ccc(F)cc3c2C)c(C)o1. The molecule has 25 heavy (non-hydrogen) atoms. The van der Waals surface area contributed by atoms with E-state index in [-0.39, 0.29) is 17.9 Å². The second-order valence-corrected chi connectivity index (χ2v) is 6.22. The highest BCUT2D eigenvalue weighted by molar-refractivity contribution is 5.82. The number of fused-ring (bicyclic) bond motifs is 1. The van der Waals surface area contributed by atoms with Crippen molar-refractivity contribution in [2.45, 2.75) is 40.3 Å². The molecule has 0 spiro atoms. The van der Waals surface area contributed by atoms with Crippen molar-refractivity contribution in [3.8, 4) is 0 Å². The van der Waals surface area contributed by atoms with Gasteiger partial charge in [-0.3, -0.25) is 0 Å². The van der Waals surface area contributed by atoms with Crippen molar-refractivity contribution in [3.05, 3.63) is 58.5 Å². The number of nitrogens with one attached hydrogen (secondary N) is 2. The molecule has 0 aliphatic heterocycles. The Bertz CT molecular complexity index is 926. The Hall–Kier alpha value is -2.76. The zero-order chi connectivity index (χ0) is 18.1. The first kappa shape index (κ1) is 17.1. The predicted octanol–water partition coefficient (Wildman–Crippen LogP) is 4.65. The van der Waals surface area contributed by atoms with Gasteiger partial charge in [0.2, 0.25) is 0 Å². The highest BCUT2D eigenvalue weighted by Gasteiger charge is 2.19. The lowest BCUT2D eigenvalue weighted by molar-refractivity contribution is 0.236. The Balaban J connectivity index is 1.67. The molecule has 132 valence electrons. The number of hydrogen-bond donors (Lipinski definition) is 2. The minimum atomic E-state index is -0.345. The van der Waals surface area contributed by atoms with Crippen LogP contribution in [-0.4, -0.2) is 6.03 Å². The number of furan rings is 2. The van der Waals surface area contributed by atoms with Gasteiger partial charge < -0.3 is 19.5 Å². The topological polar surface area (TPSA) is 67.4 Å². The van der Waals surface area contributed by atoms with Crippen molar-refractivity contribution in [1.82, 2.24) is 10.6 Å². The Kier molecular flexibility index (Phi) is 4.53. The molecule has 0 radical (unpaired) electrons. The highest BCUT2D eigenvalue weighted by atomic mass is 19.1. The molecule has 0 aliphatic rings. The van der Waals surface area contributed by atoms with Gasteiger partial charge in [-0.1, -0.05) is 0 Å². The largest absolute Gasteiger partial charge is 0.466 e. The van der Waals surface area contributed by atoms with Crippen molar-refractivity contribution in [2.24, 2.45) is 0 Å². The average molecular weight is 344 g/mol. The average Bonchev–Trinajstić information content (AvgIpc) is 3.05. The number of carbonyl (C=O) groups excluding carboxylic acids is 1. The number of urea groups is 1. The van der Waals surface area contributed by atoms with Crippen LogP contribution in [0.15, 0.2) is 33.1 Å². The quantitative estimate of drug-likeness (QED) is 0.724. The van der Waals surface area contributed by atoms with Crippen molar-refractivity contribution < 1.29 is 18.0 Å². The van der Waals surface area contributed by atoms with Gasteiger partial charge >= 0.3 is 6.03 Å². The van der Waals surface area contributed by atoms with Gasteiger partial charge in [0, 0.05) is 23.1 Å². The van der Waals surface area contributed by atoms with E-state index >= 15 is 0 Å². The molecule has 0 bridgehead atoms. The molecule has 0 fully saturated rings. The van der Waals surface area contributed by atoms with Gasteiger partial charge in [0.25, 0.3) is 0 Å². The molecule has 1 atom stereocenters. The smallest absolute Gasteiger partial charge is 0.315 e. The van der Waals surface area contributed by atoms with E-state index in [1.807, 2.05) is 33.8 Å². The predicted molar refractivity (Wildman–Crippen MR) is 92.9 cm³/mol. The van der Waals surface area contributed by atoms with Crippen LogP contribution in [0.3, 0.4) is 0 Å². The summed E-state index contributed by atoms with van der Waals surface area (Å²) in [6, 6.07) is 5.64. The summed E-state index contributed by atoms with van der Waals surface area (Å²) < 4.78 is 24.6. The van der Waals surface area contributed by atoms with E-state index < -0.39 is 0 Å². The molecule has 2 N–H and O–H groups in total. The fourth-order valence-electron chi connectivity index (χ4n) is 2.97. The van der Waals surface area contributed by atoms with Crippen LogP contribution in [0.2, 0.25) is 0 Å². The molecule has 0 saturated heterocycles. The summed E-state index contributed by atoms with van der Waals surface area (Å²) in [5, 5.41) is 6.36. The van der Waals surface area contributed by atoms with Crippen molar-refractivity contribution in [2.75, 3.05) is 0 Å². The summed E-state index contributed by atoms with van der Waals surface area (Å²) >= 11 is 0. The Morgan fingerprint density at radius 2 is 1.96 bits per heavy atom. The van der Waals surface area contributed by atoms with Crippen molar-refractivity contribution >= 4 is 17.0 Å². The van der Waals surface area contributed by atoms with Gasteiger partial charge in [-0.25, -0.2) is 9.18 Å². The van der Waals surface area contributed by atoms with E-state index in [1.165, 1.54) is 12.1 Å². The van der Waals surface area contributed by atoms with Crippen LogP contribution in [0.4, 0.5) is 9.18 Å². The molecule has 3 aromatic rings. The molecule has 1 aromatic carbocycles. The molecule has 1 unspecified atom stereocenters. The van der Waals surface area contributed by atoms with E-state index in [2.05, 4.69) is 10.6 Å². The third-order valence-electron chi connectivity index (χ3n) is 4.26. The summed E-state index contributed by atoms with van der Waals surface area (Å²) in [4.78, 5) is 12.1. The zero-order valence-corrected chi connectivity index (χ0v) is 14.7. The molecule has 6 heteroatoms. The van der Waals surface area contributed by atoms with Crippen LogP contribution in [-0.2, 0) is 6.54 Å². The van der Waals surface area contributed by atoms with Crippen LogP contribution in [0.5, 0.6) is 0 Å². The lowest BCUT2D eigenvalue weighted by atomic mass is 10.1. The summed E-state index contributed by atoms with van der Waals surface area (Å²) in [6.07, 6.45) is 0. The highest BCUT2D eigenvalue weighted by Crippen LogP contribution is 2.29. The number of hydrogen-bond acceptors (Lipinski definition) is 3. The number of aryl methyl sites for hydroxylation is 3. The molecule has 0 saturated carbocycles. The molecule has 2 aromatic heterocycles. The number of amides is 2. The number of halogens is 1. The maximum atomic E-state index is 13.4. The zero-order valence-electron chi connectivity index (χ0n) is 14.7. The van der Waals surface area contributed by atoms with Gasteiger partial charge in [-0.15, -0.1) is 0 Å². The van der Waals surface area contributed by atoms with E-state index in [0.29, 0.717) is 23.3 Å². The second kappa shape index (κ2) is 6.63.